The highest BCUT2D eigenvalue weighted by Crippen LogP contribution is 2.34. The lowest BCUT2D eigenvalue weighted by molar-refractivity contribution is -0.141. The number of pyridine rings is 1. The predicted octanol–water partition coefficient (Wildman–Crippen LogP) is 5.24. The van der Waals surface area contributed by atoms with Crippen molar-refractivity contribution in [1.29, 1.82) is 5.26 Å². The van der Waals surface area contributed by atoms with E-state index in [0.717, 1.165) is 11.8 Å². The fraction of sp³-hybridized carbons (Fsp3) is 0.136. The van der Waals surface area contributed by atoms with Gasteiger partial charge in [0.15, 0.2) is 0 Å². The molecule has 0 saturated heterocycles. The second-order valence-electron chi connectivity index (χ2n) is 6.67. The third-order valence-corrected chi connectivity index (χ3v) is 4.97. The number of halogens is 4. The molecule has 0 atom stereocenters. The molecule has 9 heteroatoms. The maximum Gasteiger partial charge on any atom is 0.433 e. The Hall–Kier alpha value is -3.57. The van der Waals surface area contributed by atoms with Crippen molar-refractivity contribution < 1.29 is 23.1 Å². The van der Waals surface area contributed by atoms with Crippen molar-refractivity contribution in [3.8, 4) is 22.9 Å². The van der Waals surface area contributed by atoms with Crippen LogP contribution < -0.4 is 5.32 Å². The van der Waals surface area contributed by atoms with Crippen LogP contribution in [0, 0.1) is 18.3 Å². The number of alkyl halides is 3. The Balaban J connectivity index is 1.92. The maximum atomic E-state index is 12.9. The minimum absolute atomic E-state index is 0.0478. The average Bonchev–Trinajstić information content (AvgIpc) is 2.72. The molecule has 158 valence electrons. The largest absolute Gasteiger partial charge is 0.508 e. The Morgan fingerprint density at radius 2 is 1.97 bits per heavy atom. The van der Waals surface area contributed by atoms with Gasteiger partial charge < -0.3 is 10.4 Å². The number of phenols is 1. The Labute approximate surface area is 180 Å². The lowest BCUT2D eigenvalue weighted by Crippen LogP contribution is -2.23. The number of aryl methyl sites for hydroxylation is 1. The summed E-state index contributed by atoms with van der Waals surface area (Å²) >= 11 is 6.18. The number of nitrogens with one attached hydrogen (secondary N) is 1. The number of phenolic OH excluding ortho intramolecular Hbond substituents is 1. The van der Waals surface area contributed by atoms with Gasteiger partial charge in [0.05, 0.1) is 11.6 Å². The van der Waals surface area contributed by atoms with Gasteiger partial charge in [0.1, 0.15) is 11.4 Å². The SMILES string of the molecule is Cc1cccc(O)c1CNC(=O)c1ccc(Cl)c(-c2cnc(C(F)(F)F)cc2C#N)c1. The van der Waals surface area contributed by atoms with Gasteiger partial charge in [-0.15, -0.1) is 0 Å². The van der Waals surface area contributed by atoms with Crippen LogP contribution in [0.1, 0.15) is 32.7 Å². The number of nitrogens with zero attached hydrogens (tertiary/aromatic N) is 2. The zero-order valence-corrected chi connectivity index (χ0v) is 16.8. The second-order valence-corrected chi connectivity index (χ2v) is 7.08. The van der Waals surface area contributed by atoms with Crippen LogP contribution in [0.2, 0.25) is 5.02 Å². The molecule has 0 aliphatic heterocycles. The summed E-state index contributed by atoms with van der Waals surface area (Å²) < 4.78 is 38.7. The molecule has 5 nitrogen and oxygen atoms in total. The molecule has 0 fully saturated rings. The van der Waals surface area contributed by atoms with Crippen molar-refractivity contribution in [1.82, 2.24) is 10.3 Å². The maximum absolute atomic E-state index is 12.9. The number of hydrogen-bond acceptors (Lipinski definition) is 4. The first-order valence-electron chi connectivity index (χ1n) is 8.94. The first-order chi connectivity index (χ1) is 14.6. The molecule has 0 radical (unpaired) electrons. The van der Waals surface area contributed by atoms with Crippen LogP contribution in [0.3, 0.4) is 0 Å². The van der Waals surface area contributed by atoms with E-state index in [1.165, 1.54) is 24.3 Å². The molecular weight excluding hydrogens is 431 g/mol. The zero-order valence-electron chi connectivity index (χ0n) is 16.1. The Bertz CT molecular complexity index is 1180. The minimum atomic E-state index is -4.70. The van der Waals surface area contributed by atoms with Gasteiger partial charge in [0.2, 0.25) is 0 Å². The van der Waals surface area contributed by atoms with E-state index in [-0.39, 0.29) is 39.6 Å². The number of benzene rings is 2. The van der Waals surface area contributed by atoms with Gasteiger partial charge in [-0.3, -0.25) is 9.78 Å². The molecule has 3 rings (SSSR count). The molecule has 1 amide bonds. The Morgan fingerprint density at radius 3 is 2.61 bits per heavy atom. The molecule has 0 unspecified atom stereocenters. The molecule has 0 aliphatic rings. The van der Waals surface area contributed by atoms with E-state index in [1.54, 1.807) is 25.1 Å². The standard InChI is InChI=1S/C22H15ClF3N3O2/c1-12-3-2-4-19(30)16(12)10-29-21(31)13-5-6-18(23)15(7-13)17-11-28-20(22(24,25)26)8-14(17)9-27/h2-8,11,30H,10H2,1H3,(H,29,31). The van der Waals surface area contributed by atoms with E-state index in [1.807, 2.05) is 0 Å². The van der Waals surface area contributed by atoms with Crippen LogP contribution >= 0.6 is 11.6 Å². The summed E-state index contributed by atoms with van der Waals surface area (Å²) in [5, 5.41) is 22.1. The quantitative estimate of drug-likeness (QED) is 0.575. The van der Waals surface area contributed by atoms with E-state index in [9.17, 15) is 28.3 Å². The molecule has 2 aromatic carbocycles. The smallest absolute Gasteiger partial charge is 0.433 e. The summed E-state index contributed by atoms with van der Waals surface area (Å²) in [4.78, 5) is 16.0. The molecule has 3 aromatic rings. The number of carbonyl (C=O) groups excluding carboxylic acids is 1. The average molecular weight is 446 g/mol. The zero-order chi connectivity index (χ0) is 22.8. The van der Waals surface area contributed by atoms with E-state index in [0.29, 0.717) is 11.6 Å². The van der Waals surface area contributed by atoms with Crippen LogP contribution in [0.15, 0.2) is 48.7 Å². The van der Waals surface area contributed by atoms with Crippen LogP contribution in [0.4, 0.5) is 13.2 Å². The summed E-state index contributed by atoms with van der Waals surface area (Å²) in [6.45, 7) is 1.86. The van der Waals surface area contributed by atoms with E-state index < -0.39 is 17.8 Å². The summed E-state index contributed by atoms with van der Waals surface area (Å²) in [6, 6.07) is 11.6. The van der Waals surface area contributed by atoms with Gasteiger partial charge in [0, 0.05) is 40.0 Å². The summed E-state index contributed by atoms with van der Waals surface area (Å²) in [5.74, 6) is -0.439. The summed E-state index contributed by atoms with van der Waals surface area (Å²) in [6.07, 6.45) is -3.79. The van der Waals surface area contributed by atoms with Gasteiger partial charge >= 0.3 is 6.18 Å². The molecule has 0 spiro atoms. The Kier molecular flexibility index (Phi) is 6.18. The van der Waals surface area contributed by atoms with Crippen molar-refractivity contribution >= 4 is 17.5 Å². The normalized spacial score (nSPS) is 11.1. The third kappa shape index (κ3) is 4.78. The van der Waals surface area contributed by atoms with Crippen LogP contribution in [0.5, 0.6) is 5.75 Å². The minimum Gasteiger partial charge on any atom is -0.508 e. The van der Waals surface area contributed by atoms with Crippen LogP contribution in [-0.2, 0) is 12.7 Å². The second kappa shape index (κ2) is 8.66. The van der Waals surface area contributed by atoms with E-state index in [2.05, 4.69) is 10.3 Å². The number of amides is 1. The predicted molar refractivity (Wildman–Crippen MR) is 108 cm³/mol. The van der Waals surface area contributed by atoms with Crippen molar-refractivity contribution in [2.75, 3.05) is 0 Å². The number of hydrogen-bond donors (Lipinski definition) is 2. The first kappa shape index (κ1) is 22.1. The fourth-order valence-corrected chi connectivity index (χ4v) is 3.20. The van der Waals surface area contributed by atoms with Gasteiger partial charge in [-0.25, -0.2) is 0 Å². The molecule has 0 saturated carbocycles. The van der Waals surface area contributed by atoms with Crippen molar-refractivity contribution in [2.45, 2.75) is 19.6 Å². The van der Waals surface area contributed by atoms with Crippen LogP contribution in [0.25, 0.3) is 11.1 Å². The number of carbonyl (C=O) groups is 1. The lowest BCUT2D eigenvalue weighted by Gasteiger charge is -2.13. The van der Waals surface area contributed by atoms with Gasteiger partial charge in [-0.1, -0.05) is 23.7 Å². The number of rotatable bonds is 4. The molecule has 0 aliphatic carbocycles. The molecule has 2 N–H and O–H groups in total. The fourth-order valence-electron chi connectivity index (χ4n) is 2.98. The highest BCUT2D eigenvalue weighted by molar-refractivity contribution is 6.33. The van der Waals surface area contributed by atoms with Gasteiger partial charge in [0.25, 0.3) is 5.91 Å². The highest BCUT2D eigenvalue weighted by Gasteiger charge is 2.33. The van der Waals surface area contributed by atoms with Crippen molar-refractivity contribution in [3.05, 3.63) is 81.6 Å². The Morgan fingerprint density at radius 1 is 1.23 bits per heavy atom. The number of nitriles is 1. The van der Waals surface area contributed by atoms with E-state index in [4.69, 9.17) is 11.6 Å². The number of aromatic hydroxyl groups is 1. The topological polar surface area (TPSA) is 86.0 Å². The first-order valence-corrected chi connectivity index (χ1v) is 9.32. The van der Waals surface area contributed by atoms with Crippen molar-refractivity contribution in [3.63, 3.8) is 0 Å². The molecule has 0 bridgehead atoms. The highest BCUT2D eigenvalue weighted by atomic mass is 35.5. The van der Waals surface area contributed by atoms with Crippen molar-refractivity contribution in [2.24, 2.45) is 0 Å². The van der Waals surface area contributed by atoms with E-state index >= 15 is 0 Å². The molecule has 31 heavy (non-hydrogen) atoms. The van der Waals surface area contributed by atoms with Gasteiger partial charge in [-0.2, -0.15) is 18.4 Å². The molecular formula is C22H15ClF3N3O2. The summed E-state index contributed by atoms with van der Waals surface area (Å²) in [7, 11) is 0. The monoisotopic (exact) mass is 445 g/mol. The van der Waals surface area contributed by atoms with Crippen LogP contribution in [-0.4, -0.2) is 16.0 Å². The lowest BCUT2D eigenvalue weighted by atomic mass is 9.99. The number of aromatic nitrogens is 1. The summed E-state index contributed by atoms with van der Waals surface area (Å²) in [5.41, 5.74) is 0.339. The third-order valence-electron chi connectivity index (χ3n) is 4.64. The molecule has 1 heterocycles. The van der Waals surface area contributed by atoms with Gasteiger partial charge in [-0.05, 0) is 42.8 Å². The molecule has 1 aromatic heterocycles.